The van der Waals surface area contributed by atoms with E-state index in [0.717, 1.165) is 28.6 Å². The minimum Gasteiger partial charge on any atom is -0.462 e. The Hall–Kier alpha value is -1.36. The van der Waals surface area contributed by atoms with Crippen molar-refractivity contribution in [3.05, 3.63) is 28.2 Å². The van der Waals surface area contributed by atoms with Crippen LogP contribution in [0.5, 0.6) is 0 Å². The standard InChI is InChI=1S/C16H16BrNO3/c1-7-4-9(2-3-11(7)17)18-15(19)13-8-5-10-12(6-8)21-16(20)14(10)13/h2-4,8,10,12-14H,5-6H2,1H3,(H,18,19)/t8-,10+,12-,13-,14+/m1/s1. The second kappa shape index (κ2) is 4.57. The minimum absolute atomic E-state index is 0.0356. The zero-order valence-electron chi connectivity index (χ0n) is 11.6. The number of aryl methyl sites for hydroxylation is 1. The molecule has 2 saturated carbocycles. The number of carbonyl (C=O) groups excluding carboxylic acids is 2. The van der Waals surface area contributed by atoms with Crippen LogP contribution in [0.3, 0.4) is 0 Å². The van der Waals surface area contributed by atoms with Crippen molar-refractivity contribution in [3.8, 4) is 0 Å². The first-order chi connectivity index (χ1) is 10.0. The average molecular weight is 350 g/mol. The van der Waals surface area contributed by atoms with Crippen molar-refractivity contribution in [2.75, 3.05) is 5.32 Å². The summed E-state index contributed by atoms with van der Waals surface area (Å²) >= 11 is 3.45. The van der Waals surface area contributed by atoms with Crippen molar-refractivity contribution in [1.29, 1.82) is 0 Å². The molecule has 5 heteroatoms. The monoisotopic (exact) mass is 349 g/mol. The number of hydrogen-bond donors (Lipinski definition) is 1. The molecule has 21 heavy (non-hydrogen) atoms. The van der Waals surface area contributed by atoms with E-state index in [4.69, 9.17) is 4.74 Å². The molecule has 1 aromatic carbocycles. The van der Waals surface area contributed by atoms with E-state index in [0.29, 0.717) is 5.92 Å². The Morgan fingerprint density at radius 1 is 1.38 bits per heavy atom. The second-order valence-electron chi connectivity index (χ2n) is 6.38. The molecule has 110 valence electrons. The van der Waals surface area contributed by atoms with Gasteiger partial charge in [-0.2, -0.15) is 0 Å². The van der Waals surface area contributed by atoms with Gasteiger partial charge in [0, 0.05) is 16.1 Å². The van der Waals surface area contributed by atoms with Gasteiger partial charge in [-0.1, -0.05) is 15.9 Å². The van der Waals surface area contributed by atoms with Gasteiger partial charge in [-0.15, -0.1) is 0 Å². The molecule has 1 amide bonds. The van der Waals surface area contributed by atoms with Gasteiger partial charge in [-0.3, -0.25) is 9.59 Å². The molecule has 0 aromatic heterocycles. The number of anilines is 1. The molecule has 4 rings (SSSR count). The lowest BCUT2D eigenvalue weighted by Gasteiger charge is -2.23. The first-order valence-corrected chi connectivity index (χ1v) is 8.11. The second-order valence-corrected chi connectivity index (χ2v) is 7.23. The minimum atomic E-state index is -0.217. The summed E-state index contributed by atoms with van der Waals surface area (Å²) in [4.78, 5) is 24.6. The number of esters is 1. The summed E-state index contributed by atoms with van der Waals surface area (Å²) in [6, 6.07) is 5.73. The molecule has 1 saturated heterocycles. The number of amides is 1. The molecule has 1 N–H and O–H groups in total. The number of fused-ring (bicyclic) bond motifs is 1. The lowest BCUT2D eigenvalue weighted by molar-refractivity contribution is -0.145. The zero-order chi connectivity index (χ0) is 14.7. The largest absolute Gasteiger partial charge is 0.462 e. The van der Waals surface area contributed by atoms with Crippen molar-refractivity contribution in [3.63, 3.8) is 0 Å². The van der Waals surface area contributed by atoms with Crippen molar-refractivity contribution >= 4 is 33.5 Å². The van der Waals surface area contributed by atoms with Gasteiger partial charge in [-0.05, 0) is 49.4 Å². The fourth-order valence-electron chi connectivity index (χ4n) is 4.31. The molecule has 0 radical (unpaired) electrons. The molecule has 3 aliphatic rings. The van der Waals surface area contributed by atoms with E-state index in [9.17, 15) is 9.59 Å². The van der Waals surface area contributed by atoms with Crippen molar-refractivity contribution in [2.45, 2.75) is 25.9 Å². The Morgan fingerprint density at radius 3 is 2.95 bits per heavy atom. The van der Waals surface area contributed by atoms with Gasteiger partial charge >= 0.3 is 5.97 Å². The summed E-state index contributed by atoms with van der Waals surface area (Å²) in [6.45, 7) is 1.98. The van der Waals surface area contributed by atoms with Crippen LogP contribution in [-0.2, 0) is 14.3 Å². The quantitative estimate of drug-likeness (QED) is 0.835. The fraction of sp³-hybridized carbons (Fsp3) is 0.500. The van der Waals surface area contributed by atoms with Crippen LogP contribution in [0.4, 0.5) is 5.69 Å². The third kappa shape index (κ3) is 1.94. The van der Waals surface area contributed by atoms with Crippen LogP contribution in [0.1, 0.15) is 18.4 Å². The van der Waals surface area contributed by atoms with E-state index in [-0.39, 0.29) is 35.7 Å². The third-order valence-corrected chi connectivity index (χ3v) is 6.10. The third-order valence-electron chi connectivity index (χ3n) is 5.21. The molecule has 3 fully saturated rings. The van der Waals surface area contributed by atoms with Crippen LogP contribution in [0.2, 0.25) is 0 Å². The number of benzene rings is 1. The van der Waals surface area contributed by atoms with E-state index in [1.165, 1.54) is 0 Å². The number of carbonyl (C=O) groups is 2. The highest BCUT2D eigenvalue weighted by Crippen LogP contribution is 2.57. The highest BCUT2D eigenvalue weighted by Gasteiger charge is 2.63. The molecular formula is C16H16BrNO3. The Kier molecular flexibility index (Phi) is 2.89. The van der Waals surface area contributed by atoms with Gasteiger partial charge in [0.05, 0.1) is 11.8 Å². The highest BCUT2D eigenvalue weighted by molar-refractivity contribution is 9.10. The maximum atomic E-state index is 12.6. The molecule has 1 aliphatic heterocycles. The van der Waals surface area contributed by atoms with Gasteiger partial charge in [0.15, 0.2) is 0 Å². The summed E-state index contributed by atoms with van der Waals surface area (Å²) in [6.07, 6.45) is 1.88. The van der Waals surface area contributed by atoms with Crippen molar-refractivity contribution in [2.24, 2.45) is 23.7 Å². The number of ether oxygens (including phenoxy) is 1. The molecule has 0 spiro atoms. The molecule has 5 atom stereocenters. The van der Waals surface area contributed by atoms with Gasteiger partial charge in [0.25, 0.3) is 0 Å². The number of hydrogen-bond acceptors (Lipinski definition) is 3. The number of rotatable bonds is 2. The lowest BCUT2D eigenvalue weighted by Crippen LogP contribution is -2.35. The fourth-order valence-corrected chi connectivity index (χ4v) is 4.56. The number of halogens is 1. The SMILES string of the molecule is Cc1cc(NC(=O)[C@@H]2[C@@H]3C[C@@H]4[C@@H]2C(=O)O[C@@H]4C3)ccc1Br. The van der Waals surface area contributed by atoms with Crippen LogP contribution in [0.15, 0.2) is 22.7 Å². The summed E-state index contributed by atoms with van der Waals surface area (Å²) in [5.74, 6) is -0.0722. The van der Waals surface area contributed by atoms with E-state index < -0.39 is 0 Å². The predicted octanol–water partition coefficient (Wildman–Crippen LogP) is 2.89. The van der Waals surface area contributed by atoms with Crippen LogP contribution in [0.25, 0.3) is 0 Å². The van der Waals surface area contributed by atoms with Crippen molar-refractivity contribution < 1.29 is 14.3 Å². The Labute approximate surface area is 131 Å². The maximum Gasteiger partial charge on any atom is 0.310 e. The molecule has 0 unspecified atom stereocenters. The van der Waals surface area contributed by atoms with Gasteiger partial charge < -0.3 is 10.1 Å². The van der Waals surface area contributed by atoms with E-state index in [1.807, 2.05) is 25.1 Å². The summed E-state index contributed by atoms with van der Waals surface area (Å²) in [5.41, 5.74) is 1.85. The molecule has 1 aromatic rings. The Morgan fingerprint density at radius 2 is 2.19 bits per heavy atom. The molecule has 4 nitrogen and oxygen atoms in total. The normalized spacial score (nSPS) is 35.9. The summed E-state index contributed by atoms with van der Waals surface area (Å²) < 4.78 is 6.40. The average Bonchev–Trinajstić information content (AvgIpc) is 3.04. The smallest absolute Gasteiger partial charge is 0.310 e. The van der Waals surface area contributed by atoms with E-state index in [2.05, 4.69) is 21.2 Å². The van der Waals surface area contributed by atoms with E-state index >= 15 is 0 Å². The topological polar surface area (TPSA) is 55.4 Å². The summed E-state index contributed by atoms with van der Waals surface area (Å²) in [5, 5.41) is 2.97. The maximum absolute atomic E-state index is 12.6. The zero-order valence-corrected chi connectivity index (χ0v) is 13.2. The first kappa shape index (κ1) is 13.3. The van der Waals surface area contributed by atoms with Crippen LogP contribution >= 0.6 is 15.9 Å². The van der Waals surface area contributed by atoms with E-state index in [1.54, 1.807) is 0 Å². The lowest BCUT2D eigenvalue weighted by atomic mass is 9.79. The highest BCUT2D eigenvalue weighted by atomic mass is 79.9. The predicted molar refractivity (Wildman–Crippen MR) is 80.6 cm³/mol. The Balaban J connectivity index is 1.55. The van der Waals surface area contributed by atoms with Crippen LogP contribution < -0.4 is 5.32 Å². The van der Waals surface area contributed by atoms with Gasteiger partial charge in [-0.25, -0.2) is 0 Å². The van der Waals surface area contributed by atoms with Crippen molar-refractivity contribution in [1.82, 2.24) is 0 Å². The molecule has 2 aliphatic carbocycles. The van der Waals surface area contributed by atoms with Gasteiger partial charge in [0.1, 0.15) is 6.10 Å². The number of nitrogens with one attached hydrogen (secondary N) is 1. The van der Waals surface area contributed by atoms with Crippen LogP contribution in [0, 0.1) is 30.6 Å². The first-order valence-electron chi connectivity index (χ1n) is 7.32. The Bertz CT molecular complexity index is 642. The molecular weight excluding hydrogens is 334 g/mol. The van der Waals surface area contributed by atoms with Gasteiger partial charge in [0.2, 0.25) is 5.91 Å². The molecule has 1 heterocycles. The van der Waals surface area contributed by atoms with Crippen LogP contribution in [-0.4, -0.2) is 18.0 Å². The molecule has 2 bridgehead atoms. The summed E-state index contributed by atoms with van der Waals surface area (Å²) in [7, 11) is 0.